The number of aryl methyl sites for hydroxylation is 1. The van der Waals surface area contributed by atoms with Gasteiger partial charge < -0.3 is 19.7 Å². The van der Waals surface area contributed by atoms with Crippen LogP contribution in [-0.2, 0) is 9.47 Å². The largest absolute Gasteiger partial charge is 0.459 e. The first-order valence-corrected chi connectivity index (χ1v) is 10.7. The molecule has 0 unspecified atom stereocenters. The Labute approximate surface area is 169 Å². The molecule has 156 valence electrons. The van der Waals surface area contributed by atoms with Crippen molar-refractivity contribution in [3.8, 4) is 0 Å². The number of carbonyl (C=O) groups excluding carboxylic acids is 1. The lowest BCUT2D eigenvalue weighted by Crippen LogP contribution is -2.56. The van der Waals surface area contributed by atoms with Gasteiger partial charge in [0.25, 0.3) is 0 Å². The topological polar surface area (TPSA) is 63.7 Å². The second-order valence-electron chi connectivity index (χ2n) is 8.45. The summed E-state index contributed by atoms with van der Waals surface area (Å²) >= 11 is 0. The van der Waals surface area contributed by atoms with Crippen molar-refractivity contribution in [3.05, 3.63) is 23.4 Å². The minimum Gasteiger partial charge on any atom is -0.459 e. The van der Waals surface area contributed by atoms with Gasteiger partial charge in [-0.1, -0.05) is 19.3 Å². The molecule has 2 fully saturated rings. The Morgan fingerprint density at radius 1 is 1.25 bits per heavy atom. The van der Waals surface area contributed by atoms with Crippen LogP contribution in [0.25, 0.3) is 0 Å². The molecule has 1 aromatic rings. The van der Waals surface area contributed by atoms with Crippen LogP contribution in [0.5, 0.6) is 0 Å². The fourth-order valence-electron chi connectivity index (χ4n) is 4.35. The van der Waals surface area contributed by atoms with E-state index >= 15 is 0 Å². The molecule has 6 heteroatoms. The van der Waals surface area contributed by atoms with Gasteiger partial charge in [0.05, 0.1) is 12.2 Å². The molecule has 2 aliphatic rings. The third-order valence-electron chi connectivity index (χ3n) is 5.78. The minimum absolute atomic E-state index is 0.0766. The number of nitrogens with zero attached hydrogens (tertiary/aromatic N) is 2. The van der Waals surface area contributed by atoms with Crippen LogP contribution in [0.2, 0.25) is 0 Å². The molecule has 0 aromatic carbocycles. The smallest absolute Gasteiger partial charge is 0.342 e. The molecule has 1 aliphatic carbocycles. The van der Waals surface area contributed by atoms with Gasteiger partial charge in [0, 0.05) is 38.5 Å². The third-order valence-corrected chi connectivity index (χ3v) is 5.78. The van der Waals surface area contributed by atoms with E-state index in [2.05, 4.69) is 15.2 Å². The third kappa shape index (κ3) is 5.23. The number of piperidine rings is 1. The van der Waals surface area contributed by atoms with Crippen LogP contribution in [0.3, 0.4) is 0 Å². The molecule has 1 saturated carbocycles. The van der Waals surface area contributed by atoms with Crippen LogP contribution in [0.1, 0.15) is 68.3 Å². The van der Waals surface area contributed by atoms with E-state index in [1.807, 2.05) is 33.0 Å². The summed E-state index contributed by atoms with van der Waals surface area (Å²) in [5, 5.41) is 3.84. The lowest BCUT2D eigenvalue weighted by Gasteiger charge is -2.41. The van der Waals surface area contributed by atoms with Gasteiger partial charge in [-0.3, -0.25) is 0 Å². The number of pyridine rings is 1. The van der Waals surface area contributed by atoms with Gasteiger partial charge in [-0.2, -0.15) is 0 Å². The van der Waals surface area contributed by atoms with Gasteiger partial charge in [-0.15, -0.1) is 0 Å². The van der Waals surface area contributed by atoms with Crippen LogP contribution < -0.4 is 10.2 Å². The van der Waals surface area contributed by atoms with Crippen molar-refractivity contribution in [2.45, 2.75) is 83.6 Å². The van der Waals surface area contributed by atoms with Crippen molar-refractivity contribution in [2.75, 3.05) is 25.1 Å². The Balaban J connectivity index is 1.72. The Morgan fingerprint density at radius 2 is 2.00 bits per heavy atom. The second-order valence-corrected chi connectivity index (χ2v) is 8.45. The summed E-state index contributed by atoms with van der Waals surface area (Å²) in [4.78, 5) is 19.4. The maximum absolute atomic E-state index is 12.6. The Morgan fingerprint density at radius 3 is 2.68 bits per heavy atom. The molecule has 3 rings (SSSR count). The monoisotopic (exact) mass is 389 g/mol. The number of rotatable bonds is 6. The highest BCUT2D eigenvalue weighted by atomic mass is 16.5. The van der Waals surface area contributed by atoms with Crippen molar-refractivity contribution in [3.63, 3.8) is 0 Å². The van der Waals surface area contributed by atoms with Gasteiger partial charge in [-0.05, 0) is 51.7 Å². The molecular formula is C22H35N3O3. The zero-order valence-corrected chi connectivity index (χ0v) is 17.7. The molecule has 2 atom stereocenters. The molecule has 0 spiro atoms. The summed E-state index contributed by atoms with van der Waals surface area (Å²) in [5.41, 5.74) is 1.50. The first-order chi connectivity index (χ1) is 13.5. The zero-order valence-electron chi connectivity index (χ0n) is 17.7. The number of hydrogen-bond donors (Lipinski definition) is 1. The van der Waals surface area contributed by atoms with Crippen LogP contribution >= 0.6 is 0 Å². The van der Waals surface area contributed by atoms with Gasteiger partial charge in [0.15, 0.2) is 0 Å². The zero-order chi connectivity index (χ0) is 20.1. The highest BCUT2D eigenvalue weighted by Gasteiger charge is 2.33. The van der Waals surface area contributed by atoms with Crippen molar-refractivity contribution in [1.82, 2.24) is 10.3 Å². The van der Waals surface area contributed by atoms with Crippen molar-refractivity contribution in [2.24, 2.45) is 0 Å². The summed E-state index contributed by atoms with van der Waals surface area (Å²) in [6.07, 6.45) is 9.25. The lowest BCUT2D eigenvalue weighted by atomic mass is 9.92. The van der Waals surface area contributed by atoms with E-state index in [4.69, 9.17) is 9.47 Å². The van der Waals surface area contributed by atoms with Gasteiger partial charge >= 0.3 is 5.97 Å². The van der Waals surface area contributed by atoms with E-state index in [-0.39, 0.29) is 18.2 Å². The summed E-state index contributed by atoms with van der Waals surface area (Å²) < 4.78 is 11.3. The van der Waals surface area contributed by atoms with Crippen molar-refractivity contribution < 1.29 is 14.3 Å². The predicted octanol–water partition coefficient (Wildman–Crippen LogP) is 3.47. The minimum atomic E-state index is -0.308. The molecule has 28 heavy (non-hydrogen) atoms. The molecule has 1 aliphatic heterocycles. The number of methoxy groups -OCH3 is 1. The predicted molar refractivity (Wildman–Crippen MR) is 111 cm³/mol. The first-order valence-electron chi connectivity index (χ1n) is 10.7. The van der Waals surface area contributed by atoms with Gasteiger partial charge in [-0.25, -0.2) is 9.78 Å². The summed E-state index contributed by atoms with van der Waals surface area (Å²) in [7, 11) is 1.78. The molecule has 0 bridgehead atoms. The van der Waals surface area contributed by atoms with E-state index in [0.717, 1.165) is 25.1 Å². The fourth-order valence-corrected chi connectivity index (χ4v) is 4.35. The average Bonchev–Trinajstić information content (AvgIpc) is 2.68. The highest BCUT2D eigenvalue weighted by Crippen LogP contribution is 2.26. The summed E-state index contributed by atoms with van der Waals surface area (Å²) in [6, 6.07) is 2.83. The van der Waals surface area contributed by atoms with E-state index in [1.54, 1.807) is 7.11 Å². The number of ether oxygens (including phenoxy) is 2. The Bertz CT molecular complexity index is 658. The summed E-state index contributed by atoms with van der Waals surface area (Å²) in [5.74, 6) is 0.395. The van der Waals surface area contributed by atoms with Crippen LogP contribution in [0.4, 0.5) is 5.82 Å². The Hall–Kier alpha value is -1.66. The van der Waals surface area contributed by atoms with E-state index in [9.17, 15) is 4.79 Å². The normalized spacial score (nSPS) is 23.8. The highest BCUT2D eigenvalue weighted by molar-refractivity contribution is 5.95. The van der Waals surface area contributed by atoms with Gasteiger partial charge in [0.1, 0.15) is 11.4 Å². The molecule has 0 radical (unpaired) electrons. The molecule has 6 nitrogen and oxygen atoms in total. The van der Waals surface area contributed by atoms with Crippen LogP contribution in [0, 0.1) is 6.92 Å². The quantitative estimate of drug-likeness (QED) is 0.752. The lowest BCUT2D eigenvalue weighted by molar-refractivity contribution is 0.0375. The Kier molecular flexibility index (Phi) is 7.30. The van der Waals surface area contributed by atoms with E-state index < -0.39 is 0 Å². The maximum atomic E-state index is 12.6. The first kappa shape index (κ1) is 21.1. The molecule has 0 amide bonds. The van der Waals surface area contributed by atoms with E-state index in [0.29, 0.717) is 23.5 Å². The van der Waals surface area contributed by atoms with Gasteiger partial charge in [0.2, 0.25) is 0 Å². The number of hydrogen-bond acceptors (Lipinski definition) is 6. The number of esters is 1. The second kappa shape index (κ2) is 9.70. The summed E-state index contributed by atoms with van der Waals surface area (Å²) in [6.45, 7) is 7.25. The molecule has 1 N–H and O–H groups in total. The standard InChI is InChI=1S/C22H35N3O3/c1-15(2)28-22(26)18-12-16(3)13-23-21(18)25-11-10-19(20(14-25)27-4)24-17-8-6-5-7-9-17/h12-13,15,17,19-20,24H,5-11,14H2,1-4H3/t19-,20+/m0/s1. The van der Waals surface area contributed by atoms with Crippen molar-refractivity contribution >= 4 is 11.8 Å². The molecule has 2 heterocycles. The molecule has 1 aromatic heterocycles. The van der Waals surface area contributed by atoms with Crippen LogP contribution in [0.15, 0.2) is 12.3 Å². The number of aromatic nitrogens is 1. The fraction of sp³-hybridized carbons (Fsp3) is 0.727. The van der Waals surface area contributed by atoms with Crippen LogP contribution in [-0.4, -0.2) is 55.4 Å². The number of carbonyl (C=O) groups is 1. The van der Waals surface area contributed by atoms with Crippen molar-refractivity contribution in [1.29, 1.82) is 0 Å². The molecular weight excluding hydrogens is 354 g/mol. The maximum Gasteiger partial charge on any atom is 0.342 e. The SMILES string of the molecule is CO[C@@H]1CN(c2ncc(C)cc2C(=O)OC(C)C)CC[C@@H]1NC1CCCCC1. The van der Waals surface area contributed by atoms with E-state index in [1.165, 1.54) is 32.1 Å². The molecule has 1 saturated heterocycles. The average molecular weight is 390 g/mol. The number of anilines is 1. The number of nitrogens with one attached hydrogen (secondary N) is 1.